The van der Waals surface area contributed by atoms with Crippen molar-refractivity contribution in [3.63, 3.8) is 0 Å². The monoisotopic (exact) mass is 320 g/mol. The highest BCUT2D eigenvalue weighted by Crippen LogP contribution is 2.34. The fourth-order valence-corrected chi connectivity index (χ4v) is 2.52. The minimum absolute atomic E-state index is 0.0351. The van der Waals surface area contributed by atoms with Gasteiger partial charge in [-0.2, -0.15) is 0 Å². The van der Waals surface area contributed by atoms with E-state index in [2.05, 4.69) is 0 Å². The summed E-state index contributed by atoms with van der Waals surface area (Å²) in [5, 5.41) is 0. The van der Waals surface area contributed by atoms with Crippen LogP contribution < -0.4 is 4.74 Å². The van der Waals surface area contributed by atoms with Gasteiger partial charge in [0.05, 0.1) is 25.5 Å². The summed E-state index contributed by atoms with van der Waals surface area (Å²) in [6, 6.07) is 5.35. The van der Waals surface area contributed by atoms with Crippen molar-refractivity contribution in [3.05, 3.63) is 35.6 Å². The molecular weight excluding hydrogens is 300 g/mol. The highest BCUT2D eigenvalue weighted by molar-refractivity contribution is 7.98. The van der Waals surface area contributed by atoms with Crippen molar-refractivity contribution < 1.29 is 19.1 Å². The Morgan fingerprint density at radius 3 is 2.64 bits per heavy atom. The van der Waals surface area contributed by atoms with E-state index in [0.29, 0.717) is 17.9 Å². The molecule has 0 heterocycles. The number of thioether (sulfide) groups is 1. The van der Waals surface area contributed by atoms with Gasteiger partial charge in [-0.15, -0.1) is 11.8 Å². The molecule has 0 atom stereocenters. The standard InChI is InChI=1S/C17H20O4S/c1-4-21-10-14(16(18)11-5-6-11)17(19)13-8-7-12(22-3)9-15(13)20-2/h7-11H,4-6H2,1-3H3. The molecule has 0 N–H and O–H groups in total. The average molecular weight is 320 g/mol. The van der Waals surface area contributed by atoms with Crippen molar-refractivity contribution >= 4 is 23.3 Å². The zero-order valence-electron chi connectivity index (χ0n) is 13.0. The number of ketones is 2. The summed E-state index contributed by atoms with van der Waals surface area (Å²) >= 11 is 1.56. The van der Waals surface area contributed by atoms with Gasteiger partial charge in [0.1, 0.15) is 11.3 Å². The summed E-state index contributed by atoms with van der Waals surface area (Å²) in [6.07, 6.45) is 4.94. The molecule has 1 aliphatic rings. The number of carbonyl (C=O) groups is 2. The minimum atomic E-state index is -0.338. The molecule has 0 aromatic heterocycles. The van der Waals surface area contributed by atoms with E-state index in [0.717, 1.165) is 17.7 Å². The van der Waals surface area contributed by atoms with Gasteiger partial charge in [-0.05, 0) is 44.2 Å². The van der Waals surface area contributed by atoms with Gasteiger partial charge in [-0.3, -0.25) is 9.59 Å². The van der Waals surface area contributed by atoms with Crippen LogP contribution in [0.4, 0.5) is 0 Å². The van der Waals surface area contributed by atoms with Crippen LogP contribution >= 0.6 is 11.8 Å². The molecule has 0 spiro atoms. The lowest BCUT2D eigenvalue weighted by Crippen LogP contribution is -2.16. The van der Waals surface area contributed by atoms with Crippen molar-refractivity contribution in [2.45, 2.75) is 24.7 Å². The van der Waals surface area contributed by atoms with E-state index in [-0.39, 0.29) is 23.1 Å². The zero-order chi connectivity index (χ0) is 16.1. The first-order valence-corrected chi connectivity index (χ1v) is 8.47. The Kier molecular flexibility index (Phi) is 5.66. The average Bonchev–Trinajstić information content (AvgIpc) is 3.38. The molecule has 5 heteroatoms. The third kappa shape index (κ3) is 3.71. The van der Waals surface area contributed by atoms with E-state index in [1.807, 2.05) is 19.2 Å². The Morgan fingerprint density at radius 1 is 1.36 bits per heavy atom. The van der Waals surface area contributed by atoms with Gasteiger partial charge in [0, 0.05) is 10.8 Å². The first-order valence-electron chi connectivity index (χ1n) is 7.25. The molecule has 118 valence electrons. The van der Waals surface area contributed by atoms with Gasteiger partial charge < -0.3 is 9.47 Å². The number of rotatable bonds is 8. The summed E-state index contributed by atoms with van der Waals surface area (Å²) < 4.78 is 10.5. The quantitative estimate of drug-likeness (QED) is 0.183. The van der Waals surface area contributed by atoms with Crippen LogP contribution in [0, 0.1) is 5.92 Å². The van der Waals surface area contributed by atoms with E-state index in [1.54, 1.807) is 23.9 Å². The van der Waals surface area contributed by atoms with Crippen molar-refractivity contribution in [2.75, 3.05) is 20.0 Å². The largest absolute Gasteiger partial charge is 0.501 e. The predicted molar refractivity (Wildman–Crippen MR) is 86.5 cm³/mol. The van der Waals surface area contributed by atoms with Crippen LogP contribution in [0.25, 0.3) is 0 Å². The first-order chi connectivity index (χ1) is 10.6. The lowest BCUT2D eigenvalue weighted by atomic mass is 9.98. The maximum absolute atomic E-state index is 12.7. The summed E-state index contributed by atoms with van der Waals surface area (Å²) in [5.74, 6) is -0.0285. The van der Waals surface area contributed by atoms with Crippen molar-refractivity contribution in [1.82, 2.24) is 0 Å². The lowest BCUT2D eigenvalue weighted by molar-refractivity contribution is -0.116. The third-order valence-electron chi connectivity index (χ3n) is 3.48. The molecular formula is C17H20O4S. The Balaban J connectivity index is 2.35. The molecule has 0 saturated heterocycles. The number of Topliss-reactive ketones (excluding diaryl/α,β-unsaturated/α-hetero) is 2. The van der Waals surface area contributed by atoms with Gasteiger partial charge >= 0.3 is 0 Å². The molecule has 0 bridgehead atoms. The molecule has 0 amide bonds. The highest BCUT2D eigenvalue weighted by atomic mass is 32.2. The fourth-order valence-electron chi connectivity index (χ4n) is 2.09. The number of carbonyl (C=O) groups excluding carboxylic acids is 2. The maximum Gasteiger partial charge on any atom is 0.203 e. The van der Waals surface area contributed by atoms with E-state index < -0.39 is 0 Å². The molecule has 1 aromatic carbocycles. The van der Waals surface area contributed by atoms with Crippen LogP contribution in [-0.4, -0.2) is 31.5 Å². The van der Waals surface area contributed by atoms with Gasteiger partial charge in [-0.25, -0.2) is 0 Å². The summed E-state index contributed by atoms with van der Waals surface area (Å²) in [5.41, 5.74) is 0.500. The molecule has 1 saturated carbocycles. The molecule has 1 aliphatic carbocycles. The summed E-state index contributed by atoms with van der Waals surface area (Å²) in [4.78, 5) is 26.1. The van der Waals surface area contributed by atoms with E-state index in [9.17, 15) is 9.59 Å². The van der Waals surface area contributed by atoms with Crippen LogP contribution in [-0.2, 0) is 9.53 Å². The van der Waals surface area contributed by atoms with Crippen LogP contribution in [0.15, 0.2) is 34.9 Å². The highest BCUT2D eigenvalue weighted by Gasteiger charge is 2.35. The molecule has 1 fully saturated rings. The van der Waals surface area contributed by atoms with Crippen LogP contribution in [0.2, 0.25) is 0 Å². The summed E-state index contributed by atoms with van der Waals surface area (Å²) in [7, 11) is 1.52. The van der Waals surface area contributed by atoms with Gasteiger partial charge in [0.25, 0.3) is 0 Å². The third-order valence-corrected chi connectivity index (χ3v) is 4.20. The van der Waals surface area contributed by atoms with Crippen molar-refractivity contribution in [1.29, 1.82) is 0 Å². The fraction of sp³-hybridized carbons (Fsp3) is 0.412. The smallest absolute Gasteiger partial charge is 0.203 e. The van der Waals surface area contributed by atoms with Gasteiger partial charge in [0.2, 0.25) is 5.78 Å². The second-order valence-electron chi connectivity index (χ2n) is 5.02. The van der Waals surface area contributed by atoms with E-state index in [1.165, 1.54) is 13.4 Å². The van der Waals surface area contributed by atoms with Crippen molar-refractivity contribution in [3.8, 4) is 5.75 Å². The molecule has 0 radical (unpaired) electrons. The van der Waals surface area contributed by atoms with Crippen LogP contribution in [0.1, 0.15) is 30.1 Å². The summed E-state index contributed by atoms with van der Waals surface area (Å²) in [6.45, 7) is 2.23. The second kappa shape index (κ2) is 7.49. The number of benzene rings is 1. The minimum Gasteiger partial charge on any atom is -0.501 e. The first kappa shape index (κ1) is 16.6. The number of allylic oxidation sites excluding steroid dienone is 1. The number of methoxy groups -OCH3 is 1. The SMILES string of the molecule is CCOC=C(C(=O)c1ccc(SC)cc1OC)C(=O)C1CC1. The van der Waals surface area contributed by atoms with Gasteiger partial charge in [-0.1, -0.05) is 0 Å². The molecule has 22 heavy (non-hydrogen) atoms. The number of hydrogen-bond donors (Lipinski definition) is 0. The second-order valence-corrected chi connectivity index (χ2v) is 5.90. The predicted octanol–water partition coefficient (Wildman–Crippen LogP) is 3.50. The Morgan fingerprint density at radius 2 is 2.09 bits per heavy atom. The molecule has 1 aromatic rings. The van der Waals surface area contributed by atoms with Gasteiger partial charge in [0.15, 0.2) is 5.78 Å². The molecule has 2 rings (SSSR count). The zero-order valence-corrected chi connectivity index (χ0v) is 13.9. The Labute approximate surface area is 134 Å². The molecule has 4 nitrogen and oxygen atoms in total. The van der Waals surface area contributed by atoms with E-state index in [4.69, 9.17) is 9.47 Å². The molecule has 0 unspecified atom stereocenters. The van der Waals surface area contributed by atoms with Crippen LogP contribution in [0.5, 0.6) is 5.75 Å². The number of ether oxygens (including phenoxy) is 2. The number of hydrogen-bond acceptors (Lipinski definition) is 5. The lowest BCUT2D eigenvalue weighted by Gasteiger charge is -2.11. The topological polar surface area (TPSA) is 52.6 Å². The Bertz CT molecular complexity index is 603. The van der Waals surface area contributed by atoms with Crippen molar-refractivity contribution in [2.24, 2.45) is 5.92 Å². The molecule has 0 aliphatic heterocycles. The van der Waals surface area contributed by atoms with Crippen LogP contribution in [0.3, 0.4) is 0 Å². The Hall–Kier alpha value is -1.75. The normalized spacial score (nSPS) is 14.6. The maximum atomic E-state index is 12.7. The van der Waals surface area contributed by atoms with E-state index >= 15 is 0 Å².